The van der Waals surface area contributed by atoms with Crippen LogP contribution in [0.1, 0.15) is 6.42 Å². The topological polar surface area (TPSA) is 85.8 Å². The molecule has 0 radical (unpaired) electrons. The average Bonchev–Trinajstić information content (AvgIpc) is 2.98. The van der Waals surface area contributed by atoms with Crippen molar-refractivity contribution in [1.29, 1.82) is 0 Å². The van der Waals surface area contributed by atoms with Gasteiger partial charge in [0.1, 0.15) is 0 Å². The van der Waals surface area contributed by atoms with Crippen LogP contribution in [0, 0.1) is 0 Å². The van der Waals surface area contributed by atoms with Gasteiger partial charge in [0.2, 0.25) is 10.0 Å². The molecule has 1 aromatic carbocycles. The predicted octanol–water partition coefficient (Wildman–Crippen LogP) is 1.36. The Morgan fingerprint density at radius 1 is 1.36 bits per heavy atom. The van der Waals surface area contributed by atoms with E-state index in [0.717, 1.165) is 30.2 Å². The van der Waals surface area contributed by atoms with Crippen molar-refractivity contribution < 1.29 is 8.42 Å². The quantitative estimate of drug-likeness (QED) is 0.217. The number of rotatable bonds is 6. The van der Waals surface area contributed by atoms with Gasteiger partial charge in [0.15, 0.2) is 5.96 Å². The molecule has 1 unspecified atom stereocenters. The highest BCUT2D eigenvalue weighted by Gasteiger charge is 2.24. The summed E-state index contributed by atoms with van der Waals surface area (Å²) in [6, 6.07) is 8.50. The molecule has 0 aliphatic carbocycles. The molecule has 2 rings (SSSR count). The Morgan fingerprint density at radius 2 is 2.08 bits per heavy atom. The fourth-order valence-corrected chi connectivity index (χ4v) is 3.62. The van der Waals surface area contributed by atoms with E-state index in [-0.39, 0.29) is 24.0 Å². The Hall–Kier alpha value is -0.590. The van der Waals surface area contributed by atoms with E-state index >= 15 is 0 Å². The van der Waals surface area contributed by atoms with Gasteiger partial charge in [0, 0.05) is 43.7 Å². The van der Waals surface area contributed by atoms with Gasteiger partial charge in [-0.2, -0.15) is 0 Å². The van der Waals surface area contributed by atoms with Crippen LogP contribution in [0.2, 0.25) is 0 Å². The second-order valence-electron chi connectivity index (χ2n) is 5.69. The molecule has 3 N–H and O–H groups in total. The van der Waals surface area contributed by atoms with Gasteiger partial charge < -0.3 is 15.5 Å². The number of nitrogens with zero attached hydrogens (tertiary/aromatic N) is 2. The van der Waals surface area contributed by atoms with Crippen LogP contribution in [0.5, 0.6) is 0 Å². The molecular weight excluding hydrogens is 521 g/mol. The summed E-state index contributed by atoms with van der Waals surface area (Å²) in [4.78, 5) is 6.52. The number of nitrogens with one attached hydrogen (secondary N) is 3. The summed E-state index contributed by atoms with van der Waals surface area (Å²) in [5.41, 5.74) is 1.20. The highest BCUT2D eigenvalue weighted by molar-refractivity contribution is 14.0. The van der Waals surface area contributed by atoms with Gasteiger partial charge in [-0.05, 0) is 34.5 Å². The van der Waals surface area contributed by atoms with E-state index in [1.807, 2.05) is 18.2 Å². The van der Waals surface area contributed by atoms with Gasteiger partial charge in [-0.25, -0.2) is 13.1 Å². The highest BCUT2D eigenvalue weighted by atomic mass is 127. The number of anilines is 1. The number of aliphatic imine (C=N–C) groups is 1. The summed E-state index contributed by atoms with van der Waals surface area (Å²) < 4.78 is 25.6. The van der Waals surface area contributed by atoms with Crippen molar-refractivity contribution in [2.75, 3.05) is 44.4 Å². The molecule has 1 atom stereocenters. The van der Waals surface area contributed by atoms with Crippen LogP contribution < -0.4 is 20.3 Å². The largest absolute Gasteiger partial charge is 0.368 e. The van der Waals surface area contributed by atoms with Crippen LogP contribution in [0.25, 0.3) is 0 Å². The molecule has 0 bridgehead atoms. The predicted molar refractivity (Wildman–Crippen MR) is 118 cm³/mol. The van der Waals surface area contributed by atoms with Crippen molar-refractivity contribution in [2.45, 2.75) is 12.5 Å². The first-order valence-electron chi connectivity index (χ1n) is 7.80. The maximum atomic E-state index is 11.0. The molecule has 7 nitrogen and oxygen atoms in total. The Balaban J connectivity index is 0.00000312. The second kappa shape index (κ2) is 10.5. The van der Waals surface area contributed by atoms with Crippen molar-refractivity contribution in [1.82, 2.24) is 15.4 Å². The minimum Gasteiger partial charge on any atom is -0.368 e. The van der Waals surface area contributed by atoms with Crippen molar-refractivity contribution in [3.63, 3.8) is 0 Å². The smallest absolute Gasteiger partial charge is 0.208 e. The van der Waals surface area contributed by atoms with Crippen molar-refractivity contribution in [3.8, 4) is 0 Å². The monoisotopic (exact) mass is 545 g/mol. The molecule has 1 aliphatic heterocycles. The standard InChI is InChI=1S/C15H24BrN5O2S.HI/c1-17-15(18-8-9-19-24(2,22)23)20-12-7-10-21(11-12)14-6-4-3-5-13(14)16;/h3-6,12,19H,7-11H2,1-2H3,(H2,17,18,20);1H. The molecule has 0 spiro atoms. The lowest BCUT2D eigenvalue weighted by Crippen LogP contribution is -2.46. The molecule has 0 amide bonds. The van der Waals surface area contributed by atoms with E-state index in [1.165, 1.54) is 5.69 Å². The van der Waals surface area contributed by atoms with Gasteiger partial charge in [-0.15, -0.1) is 24.0 Å². The van der Waals surface area contributed by atoms with Gasteiger partial charge in [-0.3, -0.25) is 4.99 Å². The molecule has 0 saturated carbocycles. The van der Waals surface area contributed by atoms with E-state index in [2.05, 4.69) is 47.2 Å². The maximum absolute atomic E-state index is 11.0. The lowest BCUT2D eigenvalue weighted by atomic mass is 10.3. The Morgan fingerprint density at radius 3 is 2.72 bits per heavy atom. The van der Waals surface area contributed by atoms with Crippen LogP contribution in [0.15, 0.2) is 33.7 Å². The summed E-state index contributed by atoms with van der Waals surface area (Å²) in [7, 11) is -1.45. The van der Waals surface area contributed by atoms with E-state index in [0.29, 0.717) is 25.1 Å². The third-order valence-electron chi connectivity index (χ3n) is 3.73. The molecule has 1 aliphatic rings. The van der Waals surface area contributed by atoms with E-state index in [9.17, 15) is 8.42 Å². The van der Waals surface area contributed by atoms with Crippen molar-refractivity contribution in [3.05, 3.63) is 28.7 Å². The number of guanidine groups is 1. The summed E-state index contributed by atoms with van der Waals surface area (Å²) in [6.45, 7) is 2.68. The van der Waals surface area contributed by atoms with Gasteiger partial charge in [0.05, 0.1) is 11.9 Å². The molecule has 1 heterocycles. The van der Waals surface area contributed by atoms with Crippen LogP contribution in [0.4, 0.5) is 5.69 Å². The lowest BCUT2D eigenvalue weighted by Gasteiger charge is -2.21. The zero-order chi connectivity index (χ0) is 17.6. The number of halogens is 2. The first kappa shape index (κ1) is 22.5. The number of hydrogen-bond acceptors (Lipinski definition) is 4. The van der Waals surface area contributed by atoms with Crippen molar-refractivity contribution in [2.24, 2.45) is 4.99 Å². The molecule has 0 aromatic heterocycles. The number of hydrogen-bond donors (Lipinski definition) is 3. The lowest BCUT2D eigenvalue weighted by molar-refractivity contribution is 0.585. The zero-order valence-corrected chi connectivity index (χ0v) is 19.1. The van der Waals surface area contributed by atoms with Gasteiger partial charge in [-0.1, -0.05) is 12.1 Å². The molecule has 10 heteroatoms. The molecule has 1 saturated heterocycles. The number of sulfonamides is 1. The summed E-state index contributed by atoms with van der Waals surface area (Å²) in [6.07, 6.45) is 2.17. The van der Waals surface area contributed by atoms with Gasteiger partial charge in [0.25, 0.3) is 0 Å². The molecule has 1 aromatic rings. The SMILES string of the molecule is CN=C(NCCNS(C)(=O)=O)NC1CCN(c2ccccc2Br)C1.I. The Kier molecular flexibility index (Phi) is 9.46. The van der Waals surface area contributed by atoms with Crippen molar-refractivity contribution >= 4 is 61.6 Å². The van der Waals surface area contributed by atoms with Crippen LogP contribution >= 0.6 is 39.9 Å². The minimum absolute atomic E-state index is 0. The molecular formula is C15H25BrIN5O2S. The Labute approximate surface area is 175 Å². The summed E-state index contributed by atoms with van der Waals surface area (Å²) in [5, 5.41) is 6.51. The van der Waals surface area contributed by atoms with E-state index in [1.54, 1.807) is 7.05 Å². The maximum Gasteiger partial charge on any atom is 0.208 e. The van der Waals surface area contributed by atoms with E-state index < -0.39 is 10.0 Å². The van der Waals surface area contributed by atoms with Gasteiger partial charge >= 0.3 is 0 Å². The minimum atomic E-state index is -3.15. The van der Waals surface area contributed by atoms with Crippen LogP contribution in [0.3, 0.4) is 0 Å². The number of para-hydroxylation sites is 1. The zero-order valence-electron chi connectivity index (χ0n) is 14.3. The molecule has 1 fully saturated rings. The third kappa shape index (κ3) is 7.67. The average molecular weight is 546 g/mol. The molecule has 142 valence electrons. The second-order valence-corrected chi connectivity index (χ2v) is 8.38. The fourth-order valence-electron chi connectivity index (χ4n) is 2.61. The number of benzene rings is 1. The highest BCUT2D eigenvalue weighted by Crippen LogP contribution is 2.28. The van der Waals surface area contributed by atoms with Crippen LogP contribution in [-0.2, 0) is 10.0 Å². The summed E-state index contributed by atoms with van der Waals surface area (Å²) >= 11 is 3.59. The first-order valence-corrected chi connectivity index (χ1v) is 10.5. The van der Waals surface area contributed by atoms with Crippen LogP contribution in [-0.4, -0.2) is 59.9 Å². The first-order chi connectivity index (χ1) is 11.4. The fraction of sp³-hybridized carbons (Fsp3) is 0.533. The summed E-state index contributed by atoms with van der Waals surface area (Å²) in [5.74, 6) is 0.685. The Bertz CT molecular complexity index is 686. The normalized spacial score (nSPS) is 18.0. The third-order valence-corrected chi connectivity index (χ3v) is 5.13. The molecule has 25 heavy (non-hydrogen) atoms. The van der Waals surface area contributed by atoms with E-state index in [4.69, 9.17) is 0 Å².